The van der Waals surface area contributed by atoms with Crippen LogP contribution in [0.3, 0.4) is 0 Å². The minimum absolute atomic E-state index is 0.805. The summed E-state index contributed by atoms with van der Waals surface area (Å²) in [5.74, 6) is 0.805. The van der Waals surface area contributed by atoms with Crippen molar-refractivity contribution >= 4 is 23.3 Å². The lowest BCUT2D eigenvalue weighted by atomic mass is 10.2. The van der Waals surface area contributed by atoms with Gasteiger partial charge in [-0.05, 0) is 23.7 Å². The Morgan fingerprint density at radius 3 is 2.22 bits per heavy atom. The number of hydrogen-bond donors (Lipinski definition) is 0. The van der Waals surface area contributed by atoms with E-state index >= 15 is 0 Å². The quantitative estimate of drug-likeness (QED) is 0.707. The van der Waals surface area contributed by atoms with Gasteiger partial charge >= 0.3 is 0 Å². The fraction of sp³-hybridized carbons (Fsp3) is 0. The first kappa shape index (κ1) is 11.4. The van der Waals surface area contributed by atoms with E-state index in [4.69, 9.17) is 0 Å². The van der Waals surface area contributed by atoms with Gasteiger partial charge in [0.1, 0.15) is 0 Å². The maximum absolute atomic E-state index is 4.55. The van der Waals surface area contributed by atoms with Crippen molar-refractivity contribution in [3.05, 3.63) is 60.7 Å². The second kappa shape index (κ2) is 5.33. The molecule has 0 spiro atoms. The Morgan fingerprint density at radius 2 is 1.50 bits per heavy atom. The van der Waals surface area contributed by atoms with Gasteiger partial charge in [0.15, 0.2) is 10.2 Å². The predicted molar refractivity (Wildman–Crippen MR) is 75.9 cm³/mol. The van der Waals surface area contributed by atoms with Crippen molar-refractivity contribution in [1.82, 2.24) is 9.36 Å². The first-order valence-corrected chi connectivity index (χ1v) is 7.13. The minimum atomic E-state index is 0.805. The van der Waals surface area contributed by atoms with Crippen LogP contribution in [0.5, 0.6) is 0 Å². The zero-order chi connectivity index (χ0) is 12.2. The molecular formula is C14H10N2S2. The van der Waals surface area contributed by atoms with Crippen LogP contribution in [0, 0.1) is 0 Å². The van der Waals surface area contributed by atoms with Crippen LogP contribution in [0.25, 0.3) is 11.4 Å². The van der Waals surface area contributed by atoms with E-state index in [-0.39, 0.29) is 0 Å². The number of hydrogen-bond acceptors (Lipinski definition) is 4. The molecule has 0 amide bonds. The van der Waals surface area contributed by atoms with Crippen molar-refractivity contribution < 1.29 is 0 Å². The van der Waals surface area contributed by atoms with Gasteiger partial charge in [0.25, 0.3) is 0 Å². The zero-order valence-electron chi connectivity index (χ0n) is 9.48. The van der Waals surface area contributed by atoms with Crippen molar-refractivity contribution in [1.29, 1.82) is 0 Å². The lowest BCUT2D eigenvalue weighted by molar-refractivity contribution is 1.22. The van der Waals surface area contributed by atoms with Gasteiger partial charge in [-0.3, -0.25) is 0 Å². The molecule has 18 heavy (non-hydrogen) atoms. The van der Waals surface area contributed by atoms with Crippen LogP contribution in [-0.4, -0.2) is 9.36 Å². The van der Waals surface area contributed by atoms with E-state index in [0.29, 0.717) is 0 Å². The van der Waals surface area contributed by atoms with Gasteiger partial charge in [0.05, 0.1) is 0 Å². The lowest BCUT2D eigenvalue weighted by Gasteiger charge is -1.95. The maximum atomic E-state index is 4.55. The van der Waals surface area contributed by atoms with Crippen LogP contribution in [0.2, 0.25) is 0 Å². The molecule has 0 N–H and O–H groups in total. The molecule has 0 atom stereocenters. The SMILES string of the molecule is c1ccc(Sc2nc(-c3ccccc3)ns2)cc1. The standard InChI is InChI=1S/C14H10N2S2/c1-3-7-11(8-4-1)13-15-14(18-16-13)17-12-9-5-2-6-10-12/h1-10H. The largest absolute Gasteiger partial charge is 0.208 e. The summed E-state index contributed by atoms with van der Waals surface area (Å²) < 4.78 is 5.36. The van der Waals surface area contributed by atoms with Crippen LogP contribution in [0.1, 0.15) is 0 Å². The van der Waals surface area contributed by atoms with E-state index < -0.39 is 0 Å². The fourth-order valence-corrected chi connectivity index (χ4v) is 3.16. The predicted octanol–water partition coefficient (Wildman–Crippen LogP) is 4.36. The van der Waals surface area contributed by atoms with Gasteiger partial charge in [-0.1, -0.05) is 60.3 Å². The zero-order valence-corrected chi connectivity index (χ0v) is 11.1. The van der Waals surface area contributed by atoms with Crippen LogP contribution in [0.4, 0.5) is 0 Å². The maximum Gasteiger partial charge on any atom is 0.175 e. The number of benzene rings is 2. The van der Waals surface area contributed by atoms with Crippen molar-refractivity contribution in [2.75, 3.05) is 0 Å². The molecule has 0 saturated carbocycles. The van der Waals surface area contributed by atoms with Gasteiger partial charge in [0.2, 0.25) is 0 Å². The Kier molecular flexibility index (Phi) is 3.39. The molecule has 0 unspecified atom stereocenters. The summed E-state index contributed by atoms with van der Waals surface area (Å²) in [7, 11) is 0. The Morgan fingerprint density at radius 1 is 0.833 bits per heavy atom. The summed E-state index contributed by atoms with van der Waals surface area (Å²) in [5.41, 5.74) is 1.06. The Bertz CT molecular complexity index is 621. The molecule has 2 nitrogen and oxygen atoms in total. The van der Waals surface area contributed by atoms with E-state index in [1.807, 2.05) is 48.5 Å². The highest BCUT2D eigenvalue weighted by Gasteiger charge is 2.07. The first-order valence-electron chi connectivity index (χ1n) is 5.54. The highest BCUT2D eigenvalue weighted by atomic mass is 32.2. The third-order valence-electron chi connectivity index (χ3n) is 2.39. The van der Waals surface area contributed by atoms with Gasteiger partial charge < -0.3 is 0 Å². The molecule has 0 fully saturated rings. The smallest absolute Gasteiger partial charge is 0.175 e. The molecular weight excluding hydrogens is 260 g/mol. The summed E-state index contributed by atoms with van der Waals surface area (Å²) in [4.78, 5) is 5.73. The first-order chi connectivity index (χ1) is 8.92. The summed E-state index contributed by atoms with van der Waals surface area (Å²) in [5, 5.41) is 0. The van der Waals surface area contributed by atoms with E-state index in [1.165, 1.54) is 16.4 Å². The van der Waals surface area contributed by atoms with Crippen molar-refractivity contribution in [2.45, 2.75) is 9.24 Å². The molecule has 0 aliphatic rings. The second-order valence-electron chi connectivity index (χ2n) is 3.67. The molecule has 0 bridgehead atoms. The Balaban J connectivity index is 1.82. The van der Waals surface area contributed by atoms with Crippen LogP contribution in [0.15, 0.2) is 69.9 Å². The van der Waals surface area contributed by atoms with Crippen LogP contribution in [-0.2, 0) is 0 Å². The lowest BCUT2D eigenvalue weighted by Crippen LogP contribution is -1.78. The molecule has 1 heterocycles. The highest BCUT2D eigenvalue weighted by molar-refractivity contribution is 8.01. The molecule has 3 aromatic rings. The van der Waals surface area contributed by atoms with Crippen molar-refractivity contribution in [2.24, 2.45) is 0 Å². The molecule has 88 valence electrons. The molecule has 0 radical (unpaired) electrons. The van der Waals surface area contributed by atoms with Crippen LogP contribution < -0.4 is 0 Å². The van der Waals surface area contributed by atoms with Gasteiger partial charge in [0, 0.05) is 10.5 Å². The number of nitrogens with zero attached hydrogens (tertiary/aromatic N) is 2. The van der Waals surface area contributed by atoms with E-state index in [9.17, 15) is 0 Å². The highest BCUT2D eigenvalue weighted by Crippen LogP contribution is 2.30. The summed E-state index contributed by atoms with van der Waals surface area (Å²) in [6.45, 7) is 0. The molecule has 0 aliphatic carbocycles. The molecule has 4 heteroatoms. The van der Waals surface area contributed by atoms with E-state index in [2.05, 4.69) is 21.5 Å². The molecule has 2 aromatic carbocycles. The second-order valence-corrected chi connectivity index (χ2v) is 5.74. The summed E-state index contributed by atoms with van der Waals surface area (Å²) in [6.07, 6.45) is 0. The Labute approximate surface area is 114 Å². The summed E-state index contributed by atoms with van der Waals surface area (Å²) in [6, 6.07) is 20.3. The summed E-state index contributed by atoms with van der Waals surface area (Å²) >= 11 is 3.09. The number of aromatic nitrogens is 2. The normalized spacial score (nSPS) is 10.4. The monoisotopic (exact) mass is 270 g/mol. The minimum Gasteiger partial charge on any atom is -0.208 e. The average molecular weight is 270 g/mol. The third kappa shape index (κ3) is 2.60. The third-order valence-corrected chi connectivity index (χ3v) is 4.15. The molecule has 0 aliphatic heterocycles. The topological polar surface area (TPSA) is 25.8 Å². The average Bonchev–Trinajstić information content (AvgIpc) is 2.89. The molecule has 0 saturated heterocycles. The van der Waals surface area contributed by atoms with Gasteiger partial charge in [-0.2, -0.15) is 4.37 Å². The Hall–Kier alpha value is -1.65. The fourth-order valence-electron chi connectivity index (χ4n) is 1.54. The van der Waals surface area contributed by atoms with E-state index in [1.54, 1.807) is 11.8 Å². The number of rotatable bonds is 3. The van der Waals surface area contributed by atoms with Gasteiger partial charge in [-0.25, -0.2) is 4.98 Å². The van der Waals surface area contributed by atoms with Gasteiger partial charge in [-0.15, -0.1) is 0 Å². The molecule has 1 aromatic heterocycles. The van der Waals surface area contributed by atoms with Crippen LogP contribution >= 0.6 is 23.3 Å². The van der Waals surface area contributed by atoms with Crippen molar-refractivity contribution in [3.63, 3.8) is 0 Å². The van der Waals surface area contributed by atoms with Crippen molar-refractivity contribution in [3.8, 4) is 11.4 Å². The van der Waals surface area contributed by atoms with E-state index in [0.717, 1.165) is 15.7 Å². The molecule has 3 rings (SSSR count).